The number of esters is 1. The van der Waals surface area contributed by atoms with Crippen LogP contribution in [-0.2, 0) is 14.3 Å². The minimum absolute atomic E-state index is 0.0835. The highest BCUT2D eigenvalue weighted by atomic mass is 16.5. The molecule has 0 rings (SSSR count). The second kappa shape index (κ2) is 49.6. The maximum atomic E-state index is 13.2. The number of rotatable bonds is 50. The largest absolute Gasteiger partial charge is 0.462 e. The molecule has 6 heteroatoms. The maximum absolute atomic E-state index is 13.2. The van der Waals surface area contributed by atoms with E-state index >= 15 is 0 Å². The van der Waals surface area contributed by atoms with Gasteiger partial charge in [-0.05, 0) is 51.4 Å². The SMILES string of the molecule is CCCCCC/C=C\CCCCCCCCCC(=O)OC(CCCCCCCCCCCCCCCCCCC)CC(=O)NC(CO)C(O)CCCCCCCCCCCC. The molecule has 0 bridgehead atoms. The fourth-order valence-electron chi connectivity index (χ4n) is 8.66. The van der Waals surface area contributed by atoms with E-state index < -0.39 is 18.2 Å². The summed E-state index contributed by atoms with van der Waals surface area (Å²) in [5.74, 6) is -0.459. The number of hydrogen-bond donors (Lipinski definition) is 3. The highest BCUT2D eigenvalue weighted by Gasteiger charge is 2.24. The van der Waals surface area contributed by atoms with Crippen molar-refractivity contribution >= 4 is 11.9 Å². The molecule has 0 aromatic rings. The third kappa shape index (κ3) is 45.0. The molecule has 1 amide bonds. The number of hydrogen-bond acceptors (Lipinski definition) is 5. The van der Waals surface area contributed by atoms with Gasteiger partial charge in [0.05, 0.1) is 25.2 Å². The molecule has 0 aliphatic carbocycles. The minimum Gasteiger partial charge on any atom is -0.462 e. The van der Waals surface area contributed by atoms with Crippen molar-refractivity contribution in [3.05, 3.63) is 12.2 Å². The van der Waals surface area contributed by atoms with Crippen LogP contribution in [0.1, 0.15) is 303 Å². The summed E-state index contributed by atoms with van der Waals surface area (Å²) in [6.45, 7) is 6.49. The third-order valence-corrected chi connectivity index (χ3v) is 12.8. The van der Waals surface area contributed by atoms with Gasteiger partial charge in [0.15, 0.2) is 0 Å². The van der Waals surface area contributed by atoms with Crippen LogP contribution < -0.4 is 5.32 Å². The van der Waals surface area contributed by atoms with E-state index in [9.17, 15) is 19.8 Å². The number of allylic oxidation sites excluding steroid dienone is 2. The Balaban J connectivity index is 4.52. The van der Waals surface area contributed by atoms with Gasteiger partial charge < -0.3 is 20.3 Å². The number of aliphatic hydroxyl groups is 2. The van der Waals surface area contributed by atoms with Gasteiger partial charge in [-0.25, -0.2) is 0 Å². The summed E-state index contributed by atoms with van der Waals surface area (Å²) in [5.41, 5.74) is 0. The molecule has 362 valence electrons. The van der Waals surface area contributed by atoms with E-state index in [0.717, 1.165) is 44.9 Å². The van der Waals surface area contributed by atoms with Crippen molar-refractivity contribution < 1.29 is 24.5 Å². The second-order valence-electron chi connectivity index (χ2n) is 19.0. The van der Waals surface area contributed by atoms with Crippen molar-refractivity contribution in [2.45, 2.75) is 322 Å². The van der Waals surface area contributed by atoms with Crippen LogP contribution in [0.25, 0.3) is 0 Å². The van der Waals surface area contributed by atoms with E-state index in [1.165, 1.54) is 212 Å². The molecule has 3 N–H and O–H groups in total. The van der Waals surface area contributed by atoms with Crippen LogP contribution in [0.4, 0.5) is 0 Å². The second-order valence-corrected chi connectivity index (χ2v) is 19.0. The lowest BCUT2D eigenvalue weighted by Gasteiger charge is -2.24. The van der Waals surface area contributed by atoms with Gasteiger partial charge in [-0.15, -0.1) is 0 Å². The number of carbonyl (C=O) groups is 2. The Morgan fingerprint density at radius 1 is 0.459 bits per heavy atom. The molecule has 0 fully saturated rings. The average molecular weight is 862 g/mol. The summed E-state index contributed by atoms with van der Waals surface area (Å²) >= 11 is 0. The lowest BCUT2D eigenvalue weighted by molar-refractivity contribution is -0.151. The summed E-state index contributed by atoms with van der Waals surface area (Å²) in [7, 11) is 0. The number of aliphatic hydroxyl groups excluding tert-OH is 2. The molecule has 0 radical (unpaired) electrons. The highest BCUT2D eigenvalue weighted by molar-refractivity contribution is 5.77. The highest BCUT2D eigenvalue weighted by Crippen LogP contribution is 2.19. The van der Waals surface area contributed by atoms with Gasteiger partial charge in [-0.1, -0.05) is 251 Å². The normalized spacial score (nSPS) is 13.2. The van der Waals surface area contributed by atoms with Crippen molar-refractivity contribution in [1.82, 2.24) is 5.32 Å². The first-order valence-corrected chi connectivity index (χ1v) is 27.4. The molecule has 0 spiro atoms. The van der Waals surface area contributed by atoms with Crippen molar-refractivity contribution in [2.24, 2.45) is 0 Å². The Kier molecular flexibility index (Phi) is 48.5. The standard InChI is InChI=1S/C55H107NO5/c1-4-7-10-13-16-19-22-24-26-27-29-30-32-34-37-40-43-46-51(61-55(60)48-45-42-39-36-33-31-28-25-23-20-17-14-11-8-5-2)49-54(59)56-52(50-57)53(58)47-44-41-38-35-21-18-15-12-9-6-3/h20,23,51-53,57-58H,4-19,21-22,24-50H2,1-3H3,(H,56,59)/b23-20-. The first kappa shape index (κ1) is 59.6. The summed E-state index contributed by atoms with van der Waals surface area (Å²) < 4.78 is 5.95. The minimum atomic E-state index is -0.781. The Labute approximate surface area is 380 Å². The predicted molar refractivity (Wildman–Crippen MR) is 264 cm³/mol. The van der Waals surface area contributed by atoms with Crippen molar-refractivity contribution in [2.75, 3.05) is 6.61 Å². The fraction of sp³-hybridized carbons (Fsp3) is 0.927. The van der Waals surface area contributed by atoms with Gasteiger partial charge >= 0.3 is 5.97 Å². The fourth-order valence-corrected chi connectivity index (χ4v) is 8.66. The van der Waals surface area contributed by atoms with E-state index in [4.69, 9.17) is 4.74 Å². The molecule has 3 unspecified atom stereocenters. The molecule has 0 aromatic heterocycles. The van der Waals surface area contributed by atoms with Crippen molar-refractivity contribution in [3.8, 4) is 0 Å². The van der Waals surface area contributed by atoms with Gasteiger partial charge in [-0.2, -0.15) is 0 Å². The maximum Gasteiger partial charge on any atom is 0.306 e. The average Bonchev–Trinajstić information content (AvgIpc) is 3.25. The van der Waals surface area contributed by atoms with Crippen LogP contribution in [0.2, 0.25) is 0 Å². The third-order valence-electron chi connectivity index (χ3n) is 12.8. The molecule has 6 nitrogen and oxygen atoms in total. The van der Waals surface area contributed by atoms with E-state index in [1.54, 1.807) is 0 Å². The number of unbranched alkanes of at least 4 members (excludes halogenated alkanes) is 36. The quantitative estimate of drug-likeness (QED) is 0.0322. The van der Waals surface area contributed by atoms with E-state index in [0.29, 0.717) is 19.3 Å². The van der Waals surface area contributed by atoms with Crippen molar-refractivity contribution in [1.29, 1.82) is 0 Å². The molecule has 0 aliphatic rings. The van der Waals surface area contributed by atoms with Gasteiger partial charge in [0.2, 0.25) is 5.91 Å². The summed E-state index contributed by atoms with van der Waals surface area (Å²) in [5, 5.41) is 23.8. The summed E-state index contributed by atoms with van der Waals surface area (Å²) in [4.78, 5) is 26.2. The van der Waals surface area contributed by atoms with Gasteiger partial charge in [0.1, 0.15) is 6.10 Å². The number of carbonyl (C=O) groups excluding carboxylic acids is 2. The Hall–Kier alpha value is -1.40. The van der Waals surface area contributed by atoms with Crippen LogP contribution in [0.15, 0.2) is 12.2 Å². The lowest BCUT2D eigenvalue weighted by Crippen LogP contribution is -2.46. The number of nitrogens with one attached hydrogen (secondary N) is 1. The zero-order valence-corrected chi connectivity index (χ0v) is 41.3. The first-order valence-electron chi connectivity index (χ1n) is 27.4. The molecule has 0 heterocycles. The first-order chi connectivity index (χ1) is 30.0. The molecule has 0 aromatic carbocycles. The van der Waals surface area contributed by atoms with E-state index in [-0.39, 0.29) is 24.9 Å². The molecule has 61 heavy (non-hydrogen) atoms. The van der Waals surface area contributed by atoms with Crippen LogP contribution in [0.5, 0.6) is 0 Å². The predicted octanol–water partition coefficient (Wildman–Crippen LogP) is 16.5. The van der Waals surface area contributed by atoms with Crippen LogP contribution >= 0.6 is 0 Å². The zero-order chi connectivity index (χ0) is 44.5. The molecule has 0 saturated carbocycles. The van der Waals surface area contributed by atoms with Crippen LogP contribution in [-0.4, -0.2) is 46.9 Å². The molecule has 3 atom stereocenters. The number of ether oxygens (including phenoxy) is 1. The molecular weight excluding hydrogens is 755 g/mol. The van der Waals surface area contributed by atoms with Gasteiger partial charge in [0, 0.05) is 6.42 Å². The monoisotopic (exact) mass is 862 g/mol. The van der Waals surface area contributed by atoms with E-state index in [1.807, 2.05) is 0 Å². The summed E-state index contributed by atoms with van der Waals surface area (Å²) in [6, 6.07) is -0.695. The summed E-state index contributed by atoms with van der Waals surface area (Å²) in [6.07, 6.45) is 55.6. The molecule has 0 saturated heterocycles. The number of amides is 1. The Morgan fingerprint density at radius 2 is 0.787 bits per heavy atom. The van der Waals surface area contributed by atoms with E-state index in [2.05, 4.69) is 38.2 Å². The molecule has 0 aliphatic heterocycles. The van der Waals surface area contributed by atoms with Crippen LogP contribution in [0, 0.1) is 0 Å². The smallest absolute Gasteiger partial charge is 0.306 e. The van der Waals surface area contributed by atoms with Gasteiger partial charge in [-0.3, -0.25) is 9.59 Å². The topological polar surface area (TPSA) is 95.9 Å². The van der Waals surface area contributed by atoms with Crippen molar-refractivity contribution in [3.63, 3.8) is 0 Å². The zero-order valence-electron chi connectivity index (χ0n) is 41.3. The van der Waals surface area contributed by atoms with Crippen LogP contribution in [0.3, 0.4) is 0 Å². The Bertz CT molecular complexity index is 924. The van der Waals surface area contributed by atoms with Gasteiger partial charge in [0.25, 0.3) is 0 Å². The molecular formula is C55H107NO5. The lowest BCUT2D eigenvalue weighted by atomic mass is 10.0. The Morgan fingerprint density at radius 3 is 1.18 bits per heavy atom.